The monoisotopic (exact) mass is 697 g/mol. The molecule has 0 atom stereocenters. The van der Waals surface area contributed by atoms with Crippen LogP contribution in [0.25, 0.3) is 22.4 Å². The van der Waals surface area contributed by atoms with Gasteiger partial charge in [0.25, 0.3) is 0 Å². The molecular weight excluding hydrogens is 646 g/mol. The first kappa shape index (κ1) is 37.2. The zero-order valence-corrected chi connectivity index (χ0v) is 30.8. The first-order chi connectivity index (χ1) is 24.5. The minimum atomic E-state index is 0.322. The summed E-state index contributed by atoms with van der Waals surface area (Å²) in [5.74, 6) is 3.01. The Balaban J connectivity index is 1.41. The number of ether oxygens (including phenoxy) is 3. The van der Waals surface area contributed by atoms with E-state index in [4.69, 9.17) is 30.8 Å². The number of aryl methyl sites for hydroxylation is 1. The lowest BCUT2D eigenvalue weighted by Gasteiger charge is -2.18. The Morgan fingerprint density at radius 3 is 2.24 bits per heavy atom. The quantitative estimate of drug-likeness (QED) is 0.0768. The number of benzene rings is 3. The van der Waals surface area contributed by atoms with Crippen LogP contribution in [0.2, 0.25) is 5.02 Å². The third kappa shape index (κ3) is 10.7. The minimum absolute atomic E-state index is 0.322. The van der Waals surface area contributed by atoms with Crippen LogP contribution in [-0.4, -0.2) is 77.2 Å². The highest BCUT2D eigenvalue weighted by Crippen LogP contribution is 2.35. The van der Waals surface area contributed by atoms with Gasteiger partial charge in [0.15, 0.2) is 0 Å². The van der Waals surface area contributed by atoms with Crippen molar-refractivity contribution in [2.75, 3.05) is 52.5 Å². The van der Waals surface area contributed by atoms with Gasteiger partial charge in [0.2, 0.25) is 0 Å². The molecule has 1 N–H and O–H groups in total. The van der Waals surface area contributed by atoms with Crippen LogP contribution in [0.15, 0.2) is 79.0 Å². The molecule has 5 rings (SSSR count). The second kappa shape index (κ2) is 19.3. The third-order valence-electron chi connectivity index (χ3n) is 9.09. The number of rotatable bonds is 21. The zero-order chi connectivity index (χ0) is 35.1. The fourth-order valence-electron chi connectivity index (χ4n) is 6.13. The first-order valence-electron chi connectivity index (χ1n) is 18.1. The number of hydrogen-bond acceptors (Lipinski definition) is 7. The summed E-state index contributed by atoms with van der Waals surface area (Å²) in [7, 11) is 0. The van der Waals surface area contributed by atoms with E-state index in [2.05, 4.69) is 65.7 Å². The molecule has 0 unspecified atom stereocenters. The Morgan fingerprint density at radius 2 is 1.50 bits per heavy atom. The van der Waals surface area contributed by atoms with Crippen LogP contribution in [0.1, 0.15) is 57.4 Å². The van der Waals surface area contributed by atoms with Gasteiger partial charge in [-0.3, -0.25) is 4.98 Å². The number of aromatic nitrogens is 3. The highest BCUT2D eigenvalue weighted by Gasteiger charge is 2.17. The molecule has 0 amide bonds. The summed E-state index contributed by atoms with van der Waals surface area (Å²) in [5.41, 5.74) is 5.93. The number of nitrogens with one attached hydrogen (secondary N) is 1. The molecule has 8 nitrogen and oxygen atoms in total. The van der Waals surface area contributed by atoms with Gasteiger partial charge in [-0.1, -0.05) is 57.5 Å². The van der Waals surface area contributed by atoms with E-state index in [1.165, 1.54) is 5.56 Å². The van der Waals surface area contributed by atoms with Crippen molar-refractivity contribution < 1.29 is 14.2 Å². The molecule has 9 heteroatoms. The van der Waals surface area contributed by atoms with Crippen LogP contribution in [0, 0.1) is 0 Å². The van der Waals surface area contributed by atoms with E-state index in [9.17, 15) is 0 Å². The molecule has 0 aliphatic rings. The summed E-state index contributed by atoms with van der Waals surface area (Å²) in [6.07, 6.45) is 5.46. The normalized spacial score (nSPS) is 11.5. The van der Waals surface area contributed by atoms with Crippen LogP contribution in [0.4, 0.5) is 0 Å². The molecule has 0 aliphatic heterocycles. The topological polar surface area (TPSA) is 75.7 Å². The number of nitrogens with zero attached hydrogens (tertiary/aromatic N) is 4. The number of pyridine rings is 1. The smallest absolute Gasteiger partial charge is 0.142 e. The summed E-state index contributed by atoms with van der Waals surface area (Å²) >= 11 is 6.19. The molecule has 0 spiro atoms. The molecule has 5 aromatic rings. The lowest BCUT2D eigenvalue weighted by Crippen LogP contribution is -2.25. The molecule has 3 aromatic carbocycles. The molecular formula is C41H52ClN5O3. The van der Waals surface area contributed by atoms with E-state index in [-0.39, 0.29) is 0 Å². The van der Waals surface area contributed by atoms with Gasteiger partial charge in [-0.05, 0) is 106 Å². The molecule has 0 aliphatic carbocycles. The Bertz CT molecular complexity index is 1750. The average molecular weight is 698 g/mol. The van der Waals surface area contributed by atoms with E-state index in [0.29, 0.717) is 25.6 Å². The second-order valence-electron chi connectivity index (χ2n) is 12.4. The molecule has 0 saturated carbocycles. The van der Waals surface area contributed by atoms with Crippen molar-refractivity contribution in [3.05, 3.63) is 101 Å². The van der Waals surface area contributed by atoms with Crippen LogP contribution in [-0.2, 0) is 19.4 Å². The molecule has 0 saturated heterocycles. The van der Waals surface area contributed by atoms with Crippen molar-refractivity contribution in [1.29, 1.82) is 0 Å². The van der Waals surface area contributed by atoms with E-state index in [1.54, 1.807) is 6.20 Å². The van der Waals surface area contributed by atoms with Gasteiger partial charge in [-0.15, -0.1) is 0 Å². The van der Waals surface area contributed by atoms with Gasteiger partial charge in [0.1, 0.15) is 29.7 Å². The largest absolute Gasteiger partial charge is 0.493 e. The van der Waals surface area contributed by atoms with Crippen molar-refractivity contribution in [3.63, 3.8) is 0 Å². The Labute approximate surface area is 302 Å². The Morgan fingerprint density at radius 1 is 0.720 bits per heavy atom. The summed E-state index contributed by atoms with van der Waals surface area (Å²) in [6, 6.07) is 23.9. The van der Waals surface area contributed by atoms with Crippen LogP contribution in [0.3, 0.4) is 0 Å². The molecule has 50 heavy (non-hydrogen) atoms. The predicted molar refractivity (Wildman–Crippen MR) is 205 cm³/mol. The number of imidazole rings is 1. The highest BCUT2D eigenvalue weighted by molar-refractivity contribution is 6.30. The first-order valence-corrected chi connectivity index (χ1v) is 18.5. The molecule has 2 aromatic heterocycles. The number of H-pyrrole nitrogens is 1. The Hall–Kier alpha value is -4.11. The molecule has 2 heterocycles. The van der Waals surface area contributed by atoms with Crippen molar-refractivity contribution in [3.8, 4) is 28.6 Å². The second-order valence-corrected chi connectivity index (χ2v) is 12.9. The number of aromatic amines is 1. The van der Waals surface area contributed by atoms with Crippen LogP contribution in [0.5, 0.6) is 17.2 Å². The minimum Gasteiger partial charge on any atom is -0.493 e. The number of fused-ring (bicyclic) bond motifs is 1. The average Bonchev–Trinajstić information content (AvgIpc) is 3.57. The molecule has 266 valence electrons. The standard InChI is InChI=1S/C41H52ClN5O3/c1-5-46(6-2)22-12-15-32-27-36(48-24-13-23-47(7-3)8-4)28-38-40(32)45-41(44-38)37-19-18-35(49-25-20-31-14-11-16-33(42)26-31)29-39(37)50-30-34-17-9-10-21-43-34/h9-11,14,16-19,21,26-29H,5-8,12-13,15,20,22-25,30H2,1-4H3,(H,44,45). The fourth-order valence-corrected chi connectivity index (χ4v) is 6.35. The fraction of sp³-hybridized carbons (Fsp3) is 0.415. The highest BCUT2D eigenvalue weighted by atomic mass is 35.5. The summed E-state index contributed by atoms with van der Waals surface area (Å²) in [4.78, 5) is 18.1. The van der Waals surface area contributed by atoms with Crippen LogP contribution >= 0.6 is 11.6 Å². The van der Waals surface area contributed by atoms with E-state index in [0.717, 1.165) is 115 Å². The maximum Gasteiger partial charge on any atom is 0.142 e. The van der Waals surface area contributed by atoms with E-state index < -0.39 is 0 Å². The molecule has 0 bridgehead atoms. The lowest BCUT2D eigenvalue weighted by atomic mass is 10.1. The third-order valence-corrected chi connectivity index (χ3v) is 9.33. The van der Waals surface area contributed by atoms with E-state index >= 15 is 0 Å². The summed E-state index contributed by atoms with van der Waals surface area (Å²) in [6.45, 7) is 16.6. The summed E-state index contributed by atoms with van der Waals surface area (Å²) in [5, 5.41) is 0.726. The number of hydrogen-bond donors (Lipinski definition) is 1. The summed E-state index contributed by atoms with van der Waals surface area (Å²) < 4.78 is 18.9. The molecule has 0 radical (unpaired) electrons. The molecule has 0 fully saturated rings. The van der Waals surface area contributed by atoms with Gasteiger partial charge in [0.05, 0.1) is 35.5 Å². The van der Waals surface area contributed by atoms with Gasteiger partial charge in [-0.2, -0.15) is 0 Å². The van der Waals surface area contributed by atoms with Gasteiger partial charge >= 0.3 is 0 Å². The number of halogens is 1. The predicted octanol–water partition coefficient (Wildman–Crippen LogP) is 8.86. The van der Waals surface area contributed by atoms with Crippen LogP contribution < -0.4 is 14.2 Å². The van der Waals surface area contributed by atoms with Gasteiger partial charge in [0, 0.05) is 36.3 Å². The van der Waals surface area contributed by atoms with Crippen molar-refractivity contribution in [2.45, 2.75) is 60.0 Å². The zero-order valence-electron chi connectivity index (χ0n) is 30.1. The van der Waals surface area contributed by atoms with E-state index in [1.807, 2.05) is 54.6 Å². The Kier molecular flexibility index (Phi) is 14.4. The maximum atomic E-state index is 6.41. The van der Waals surface area contributed by atoms with Crippen molar-refractivity contribution in [2.24, 2.45) is 0 Å². The van der Waals surface area contributed by atoms with Gasteiger partial charge < -0.3 is 29.0 Å². The maximum absolute atomic E-state index is 6.41. The van der Waals surface area contributed by atoms with Gasteiger partial charge in [-0.25, -0.2) is 4.98 Å². The van der Waals surface area contributed by atoms with Crippen molar-refractivity contribution >= 4 is 22.6 Å². The van der Waals surface area contributed by atoms with Crippen molar-refractivity contribution in [1.82, 2.24) is 24.8 Å². The lowest BCUT2D eigenvalue weighted by molar-refractivity contribution is 0.249. The SMILES string of the molecule is CCN(CC)CCCOc1cc(CCCN(CC)CC)c2nc(-c3ccc(OCCc4cccc(Cl)c4)cc3OCc3ccccn3)[nH]c2c1.